The first kappa shape index (κ1) is 9.90. The van der Waals surface area contributed by atoms with E-state index in [-0.39, 0.29) is 0 Å². The summed E-state index contributed by atoms with van der Waals surface area (Å²) in [5.74, 6) is 1.37. The number of hydrogen-bond donors (Lipinski definition) is 1. The Morgan fingerprint density at radius 1 is 1.31 bits per heavy atom. The quantitative estimate of drug-likeness (QED) is 0.758. The van der Waals surface area contributed by atoms with Gasteiger partial charge < -0.3 is 9.84 Å². The zero-order valence-corrected chi connectivity index (χ0v) is 8.59. The topological polar surface area (TPSA) is 29.5 Å². The molecule has 0 fully saturated rings. The minimum absolute atomic E-state index is 0.326. The lowest BCUT2D eigenvalue weighted by Crippen LogP contribution is -1.94. The van der Waals surface area contributed by atoms with Crippen LogP contribution >= 0.6 is 0 Å². The first-order valence-electron chi connectivity index (χ1n) is 4.43. The van der Waals surface area contributed by atoms with Crippen molar-refractivity contribution in [2.24, 2.45) is 0 Å². The van der Waals surface area contributed by atoms with E-state index in [0.717, 1.165) is 11.1 Å². The second-order valence-electron chi connectivity index (χ2n) is 3.53. The van der Waals surface area contributed by atoms with Crippen LogP contribution in [0.4, 0.5) is 0 Å². The Labute approximate surface area is 79.2 Å². The molecule has 2 heteroatoms. The number of hydrogen-bond acceptors (Lipinski definition) is 2. The molecule has 0 spiro atoms. The van der Waals surface area contributed by atoms with Crippen molar-refractivity contribution in [2.75, 3.05) is 7.11 Å². The highest BCUT2D eigenvalue weighted by molar-refractivity contribution is 5.46. The molecule has 1 N–H and O–H groups in total. The Bertz CT molecular complexity index is 280. The van der Waals surface area contributed by atoms with Gasteiger partial charge in [-0.3, -0.25) is 0 Å². The third kappa shape index (κ3) is 1.94. The third-order valence-electron chi connectivity index (χ3n) is 2.15. The van der Waals surface area contributed by atoms with Crippen LogP contribution in [0, 0.1) is 6.92 Å². The van der Waals surface area contributed by atoms with Gasteiger partial charge in [0.15, 0.2) is 0 Å². The summed E-state index contributed by atoms with van der Waals surface area (Å²) in [5, 5.41) is 9.69. The zero-order valence-electron chi connectivity index (χ0n) is 8.59. The number of phenolic OH excluding ortho intramolecular Hbond substituents is 1. The van der Waals surface area contributed by atoms with E-state index in [1.54, 1.807) is 13.2 Å². The molecule has 0 atom stereocenters. The van der Waals surface area contributed by atoms with E-state index in [1.807, 2.05) is 13.0 Å². The minimum atomic E-state index is 0.326. The molecule has 72 valence electrons. The first-order chi connectivity index (χ1) is 6.06. The van der Waals surface area contributed by atoms with Gasteiger partial charge in [0.25, 0.3) is 0 Å². The lowest BCUT2D eigenvalue weighted by Gasteiger charge is -2.13. The van der Waals surface area contributed by atoms with E-state index < -0.39 is 0 Å². The summed E-state index contributed by atoms with van der Waals surface area (Å²) in [6.45, 7) is 6.11. The van der Waals surface area contributed by atoms with Crippen molar-refractivity contribution in [3.8, 4) is 11.5 Å². The molecular formula is C11H16O2. The number of rotatable bonds is 2. The summed E-state index contributed by atoms with van der Waals surface area (Å²) >= 11 is 0. The fourth-order valence-electron chi connectivity index (χ4n) is 1.62. The Balaban J connectivity index is 3.23. The van der Waals surface area contributed by atoms with E-state index in [1.165, 1.54) is 0 Å². The lowest BCUT2D eigenvalue weighted by atomic mass is 9.97. The average molecular weight is 180 g/mol. The van der Waals surface area contributed by atoms with Crippen LogP contribution in [0.1, 0.15) is 30.9 Å². The van der Waals surface area contributed by atoms with E-state index in [9.17, 15) is 5.11 Å². The van der Waals surface area contributed by atoms with Crippen molar-refractivity contribution in [3.63, 3.8) is 0 Å². The van der Waals surface area contributed by atoms with Crippen LogP contribution < -0.4 is 4.74 Å². The van der Waals surface area contributed by atoms with E-state index in [4.69, 9.17) is 4.74 Å². The molecule has 0 bridgehead atoms. The van der Waals surface area contributed by atoms with Crippen molar-refractivity contribution in [1.29, 1.82) is 0 Å². The van der Waals surface area contributed by atoms with Crippen LogP contribution in [0.3, 0.4) is 0 Å². The van der Waals surface area contributed by atoms with Crippen LogP contribution in [-0.4, -0.2) is 12.2 Å². The van der Waals surface area contributed by atoms with Gasteiger partial charge in [-0.15, -0.1) is 0 Å². The number of ether oxygens (including phenoxy) is 1. The van der Waals surface area contributed by atoms with Gasteiger partial charge in [-0.25, -0.2) is 0 Å². The maximum absolute atomic E-state index is 9.69. The molecule has 0 amide bonds. The fourth-order valence-corrected chi connectivity index (χ4v) is 1.62. The Kier molecular flexibility index (Phi) is 2.81. The van der Waals surface area contributed by atoms with Crippen LogP contribution in [0.5, 0.6) is 11.5 Å². The van der Waals surface area contributed by atoms with Gasteiger partial charge in [-0.1, -0.05) is 13.8 Å². The fraction of sp³-hybridized carbons (Fsp3) is 0.455. The maximum Gasteiger partial charge on any atom is 0.122 e. The highest BCUT2D eigenvalue weighted by Crippen LogP contribution is 2.32. The van der Waals surface area contributed by atoms with Crippen LogP contribution in [0.15, 0.2) is 12.1 Å². The minimum Gasteiger partial charge on any atom is -0.508 e. The van der Waals surface area contributed by atoms with Crippen molar-refractivity contribution in [3.05, 3.63) is 23.3 Å². The summed E-state index contributed by atoms with van der Waals surface area (Å²) in [6, 6.07) is 3.59. The Morgan fingerprint density at radius 3 is 2.31 bits per heavy atom. The standard InChI is InChI=1S/C11H16O2/c1-7(2)11-8(3)5-9(13-4)6-10(11)12/h5-7,12H,1-4H3. The number of phenols is 1. The highest BCUT2D eigenvalue weighted by atomic mass is 16.5. The van der Waals surface area contributed by atoms with Crippen LogP contribution in [0.2, 0.25) is 0 Å². The molecule has 1 rings (SSSR count). The molecule has 0 aliphatic carbocycles. The molecule has 0 saturated heterocycles. The average Bonchev–Trinajstić information content (AvgIpc) is 2.02. The summed E-state index contributed by atoms with van der Waals surface area (Å²) in [4.78, 5) is 0. The largest absolute Gasteiger partial charge is 0.508 e. The number of aryl methyl sites for hydroxylation is 1. The lowest BCUT2D eigenvalue weighted by molar-refractivity contribution is 0.405. The van der Waals surface area contributed by atoms with Gasteiger partial charge in [0.05, 0.1) is 7.11 Å². The molecule has 1 aromatic rings. The van der Waals surface area contributed by atoms with Crippen molar-refractivity contribution < 1.29 is 9.84 Å². The summed E-state index contributed by atoms with van der Waals surface area (Å²) in [5.41, 5.74) is 2.08. The molecular weight excluding hydrogens is 164 g/mol. The van der Waals surface area contributed by atoms with Crippen LogP contribution in [-0.2, 0) is 0 Å². The predicted molar refractivity (Wildman–Crippen MR) is 53.5 cm³/mol. The smallest absolute Gasteiger partial charge is 0.122 e. The highest BCUT2D eigenvalue weighted by Gasteiger charge is 2.10. The van der Waals surface area contributed by atoms with Gasteiger partial charge in [-0.2, -0.15) is 0 Å². The first-order valence-corrected chi connectivity index (χ1v) is 4.43. The summed E-state index contributed by atoms with van der Waals surface area (Å²) in [6.07, 6.45) is 0. The van der Waals surface area contributed by atoms with E-state index in [2.05, 4.69) is 13.8 Å². The molecule has 0 radical (unpaired) electrons. The maximum atomic E-state index is 9.69. The van der Waals surface area contributed by atoms with Crippen molar-refractivity contribution >= 4 is 0 Å². The van der Waals surface area contributed by atoms with E-state index >= 15 is 0 Å². The van der Waals surface area contributed by atoms with Crippen LogP contribution in [0.25, 0.3) is 0 Å². The molecule has 2 nitrogen and oxygen atoms in total. The zero-order chi connectivity index (χ0) is 10.0. The monoisotopic (exact) mass is 180 g/mol. The van der Waals surface area contributed by atoms with Gasteiger partial charge in [0.1, 0.15) is 11.5 Å². The third-order valence-corrected chi connectivity index (χ3v) is 2.15. The van der Waals surface area contributed by atoms with Gasteiger partial charge in [-0.05, 0) is 30.0 Å². The SMILES string of the molecule is COc1cc(C)c(C(C)C)c(O)c1. The molecule has 1 aromatic carbocycles. The Morgan fingerprint density at radius 2 is 1.92 bits per heavy atom. The van der Waals surface area contributed by atoms with Gasteiger partial charge >= 0.3 is 0 Å². The van der Waals surface area contributed by atoms with Gasteiger partial charge in [0, 0.05) is 6.07 Å². The van der Waals surface area contributed by atoms with Crippen molar-refractivity contribution in [2.45, 2.75) is 26.7 Å². The number of benzene rings is 1. The number of aromatic hydroxyl groups is 1. The summed E-state index contributed by atoms with van der Waals surface area (Å²) < 4.78 is 5.05. The molecule has 0 saturated carbocycles. The number of methoxy groups -OCH3 is 1. The van der Waals surface area contributed by atoms with Gasteiger partial charge in [0.2, 0.25) is 0 Å². The molecule has 0 unspecified atom stereocenters. The normalized spacial score (nSPS) is 10.5. The molecule has 0 heterocycles. The molecule has 0 aromatic heterocycles. The van der Waals surface area contributed by atoms with Crippen molar-refractivity contribution in [1.82, 2.24) is 0 Å². The molecule has 13 heavy (non-hydrogen) atoms. The summed E-state index contributed by atoms with van der Waals surface area (Å²) in [7, 11) is 1.60. The Hall–Kier alpha value is -1.18. The second-order valence-corrected chi connectivity index (χ2v) is 3.53. The predicted octanol–water partition coefficient (Wildman–Crippen LogP) is 2.83. The molecule has 0 aliphatic heterocycles. The second kappa shape index (κ2) is 3.69. The van der Waals surface area contributed by atoms with E-state index in [0.29, 0.717) is 17.4 Å². The molecule has 0 aliphatic rings.